The Hall–Kier alpha value is -0.610. The largest absolute Gasteiger partial charge is 0.352 e. The van der Waals surface area contributed by atoms with Gasteiger partial charge >= 0.3 is 0 Å². The second-order valence-electron chi connectivity index (χ2n) is 5.88. The van der Waals surface area contributed by atoms with Gasteiger partial charge in [-0.25, -0.2) is 0 Å². The van der Waals surface area contributed by atoms with Crippen molar-refractivity contribution in [3.63, 3.8) is 0 Å². The number of nitrogens with one attached hydrogen (secondary N) is 1. The minimum Gasteiger partial charge on any atom is -0.352 e. The third kappa shape index (κ3) is 4.64. The average molecular weight is 241 g/mol. The van der Waals surface area contributed by atoms with Gasteiger partial charge in [0.1, 0.15) is 0 Å². The van der Waals surface area contributed by atoms with Gasteiger partial charge in [0.05, 0.1) is 6.04 Å². The molecule has 1 amide bonds. The second-order valence-corrected chi connectivity index (χ2v) is 5.88. The normalized spacial score (nSPS) is 28.1. The third-order valence-electron chi connectivity index (χ3n) is 3.50. The zero-order chi connectivity index (χ0) is 13.0. The summed E-state index contributed by atoms with van der Waals surface area (Å²) in [4.78, 5) is 14.2. The van der Waals surface area contributed by atoms with E-state index in [-0.39, 0.29) is 18.0 Å². The fourth-order valence-corrected chi connectivity index (χ4v) is 2.47. The molecule has 17 heavy (non-hydrogen) atoms. The first-order valence-electron chi connectivity index (χ1n) is 6.64. The predicted octanol–water partition coefficient (Wildman–Crippen LogP) is 0.816. The molecular formula is C13H27N3O. The first kappa shape index (κ1) is 14.5. The van der Waals surface area contributed by atoms with Gasteiger partial charge in [0.25, 0.3) is 0 Å². The number of carbonyl (C=O) groups is 1. The maximum absolute atomic E-state index is 11.9. The van der Waals surface area contributed by atoms with E-state index in [0.717, 1.165) is 25.9 Å². The van der Waals surface area contributed by atoms with Gasteiger partial charge in [-0.2, -0.15) is 0 Å². The highest BCUT2D eigenvalue weighted by Gasteiger charge is 2.27. The van der Waals surface area contributed by atoms with Crippen molar-refractivity contribution >= 4 is 5.91 Å². The molecule has 1 aliphatic rings. The summed E-state index contributed by atoms with van der Waals surface area (Å²) in [6.07, 6.45) is 1.78. The molecule has 2 unspecified atom stereocenters. The molecule has 4 nitrogen and oxygen atoms in total. The number of piperidine rings is 1. The molecule has 1 aliphatic heterocycles. The van der Waals surface area contributed by atoms with E-state index in [9.17, 15) is 4.79 Å². The summed E-state index contributed by atoms with van der Waals surface area (Å²) < 4.78 is 0. The van der Waals surface area contributed by atoms with Crippen LogP contribution in [0.4, 0.5) is 0 Å². The number of carbonyl (C=O) groups excluding carboxylic acids is 1. The van der Waals surface area contributed by atoms with Crippen molar-refractivity contribution in [2.45, 2.75) is 45.7 Å². The van der Waals surface area contributed by atoms with E-state index in [2.05, 4.69) is 38.0 Å². The van der Waals surface area contributed by atoms with Gasteiger partial charge in [-0.15, -0.1) is 0 Å². The Morgan fingerprint density at radius 2 is 2.18 bits per heavy atom. The number of nitrogens with two attached hydrogens (primary N) is 1. The van der Waals surface area contributed by atoms with Crippen molar-refractivity contribution in [3.05, 3.63) is 0 Å². The minimum absolute atomic E-state index is 0.0140. The molecule has 4 heteroatoms. The van der Waals surface area contributed by atoms with Crippen molar-refractivity contribution in [2.75, 3.05) is 20.1 Å². The van der Waals surface area contributed by atoms with E-state index in [0.29, 0.717) is 11.8 Å². The van der Waals surface area contributed by atoms with Crippen LogP contribution >= 0.6 is 0 Å². The Morgan fingerprint density at radius 3 is 2.71 bits per heavy atom. The van der Waals surface area contributed by atoms with Gasteiger partial charge in [-0.1, -0.05) is 20.8 Å². The molecule has 1 heterocycles. The Balaban J connectivity index is 2.40. The number of nitrogens with zero attached hydrogens (tertiary/aromatic N) is 1. The molecule has 3 atom stereocenters. The van der Waals surface area contributed by atoms with Crippen LogP contribution in [0.3, 0.4) is 0 Å². The van der Waals surface area contributed by atoms with Crippen molar-refractivity contribution in [2.24, 2.45) is 17.6 Å². The number of hydrogen-bond donors (Lipinski definition) is 2. The van der Waals surface area contributed by atoms with Gasteiger partial charge < -0.3 is 16.0 Å². The van der Waals surface area contributed by atoms with Crippen LogP contribution in [0.5, 0.6) is 0 Å². The van der Waals surface area contributed by atoms with Gasteiger partial charge in [-0.3, -0.25) is 4.79 Å². The lowest BCUT2D eigenvalue weighted by Crippen LogP contribution is -2.52. The van der Waals surface area contributed by atoms with E-state index in [1.54, 1.807) is 0 Å². The van der Waals surface area contributed by atoms with Gasteiger partial charge in [0, 0.05) is 12.6 Å². The highest BCUT2D eigenvalue weighted by molar-refractivity contribution is 5.81. The Labute approximate surface area is 105 Å². The van der Waals surface area contributed by atoms with E-state index in [4.69, 9.17) is 5.73 Å². The smallest absolute Gasteiger partial charge is 0.237 e. The molecule has 0 aromatic carbocycles. The first-order chi connectivity index (χ1) is 7.90. The van der Waals surface area contributed by atoms with Crippen LogP contribution in [-0.2, 0) is 4.79 Å². The van der Waals surface area contributed by atoms with Gasteiger partial charge in [0.15, 0.2) is 0 Å². The highest BCUT2D eigenvalue weighted by atomic mass is 16.2. The standard InChI is InChI=1S/C13H27N3O/c1-9(2)7-11(14)13(17)15-12-5-6-16(4)8-10(12)3/h9-12H,5-8,14H2,1-4H3,(H,15,17)/t10?,11-,12?/m1/s1. The fourth-order valence-electron chi connectivity index (χ4n) is 2.47. The van der Waals surface area contributed by atoms with Crippen LogP contribution in [0.15, 0.2) is 0 Å². The summed E-state index contributed by atoms with van der Waals surface area (Å²) >= 11 is 0. The van der Waals surface area contributed by atoms with Gasteiger partial charge in [0.2, 0.25) is 5.91 Å². The maximum atomic E-state index is 11.9. The zero-order valence-electron chi connectivity index (χ0n) is 11.6. The van der Waals surface area contributed by atoms with Crippen LogP contribution in [0, 0.1) is 11.8 Å². The Morgan fingerprint density at radius 1 is 1.53 bits per heavy atom. The highest BCUT2D eigenvalue weighted by Crippen LogP contribution is 2.15. The Bertz CT molecular complexity index is 255. The fraction of sp³-hybridized carbons (Fsp3) is 0.923. The molecule has 0 saturated carbocycles. The second kappa shape index (κ2) is 6.36. The van der Waals surface area contributed by atoms with Crippen LogP contribution < -0.4 is 11.1 Å². The van der Waals surface area contributed by atoms with Crippen LogP contribution in [-0.4, -0.2) is 43.0 Å². The molecule has 0 bridgehead atoms. The molecule has 100 valence electrons. The summed E-state index contributed by atoms with van der Waals surface area (Å²) in [5.41, 5.74) is 5.89. The summed E-state index contributed by atoms with van der Waals surface area (Å²) in [6.45, 7) is 8.46. The number of rotatable bonds is 4. The molecule has 3 N–H and O–H groups in total. The van der Waals surface area contributed by atoms with Crippen LogP contribution in [0.1, 0.15) is 33.6 Å². The summed E-state index contributed by atoms with van der Waals surface area (Å²) in [6, 6.07) is -0.0706. The van der Waals surface area contributed by atoms with Gasteiger partial charge in [-0.05, 0) is 38.3 Å². The van der Waals surface area contributed by atoms with E-state index < -0.39 is 0 Å². The molecule has 0 aromatic rings. The molecule has 1 fully saturated rings. The molecule has 0 spiro atoms. The monoisotopic (exact) mass is 241 g/mol. The number of amides is 1. The summed E-state index contributed by atoms with van der Waals surface area (Å²) in [5.74, 6) is 0.981. The molecule has 0 aliphatic carbocycles. The number of likely N-dealkylation sites (tertiary alicyclic amines) is 1. The summed E-state index contributed by atoms with van der Waals surface area (Å²) in [5, 5.41) is 3.10. The lowest BCUT2D eigenvalue weighted by Gasteiger charge is -2.35. The van der Waals surface area contributed by atoms with E-state index in [1.807, 2.05) is 0 Å². The number of hydrogen-bond acceptors (Lipinski definition) is 3. The average Bonchev–Trinajstić information content (AvgIpc) is 2.21. The zero-order valence-corrected chi connectivity index (χ0v) is 11.6. The van der Waals surface area contributed by atoms with Crippen LogP contribution in [0.2, 0.25) is 0 Å². The minimum atomic E-state index is -0.359. The maximum Gasteiger partial charge on any atom is 0.237 e. The van der Waals surface area contributed by atoms with E-state index >= 15 is 0 Å². The first-order valence-corrected chi connectivity index (χ1v) is 6.64. The topological polar surface area (TPSA) is 58.4 Å². The molecule has 1 saturated heterocycles. The molecule has 0 radical (unpaired) electrons. The van der Waals surface area contributed by atoms with Crippen LogP contribution in [0.25, 0.3) is 0 Å². The SMILES string of the molecule is CC(C)C[C@@H](N)C(=O)NC1CCN(C)CC1C. The van der Waals surface area contributed by atoms with Crippen molar-refractivity contribution < 1.29 is 4.79 Å². The van der Waals surface area contributed by atoms with Crippen molar-refractivity contribution in [3.8, 4) is 0 Å². The van der Waals surface area contributed by atoms with Crippen molar-refractivity contribution in [1.29, 1.82) is 0 Å². The Kier molecular flexibility index (Phi) is 5.40. The summed E-state index contributed by atoms with van der Waals surface area (Å²) in [7, 11) is 2.12. The predicted molar refractivity (Wildman–Crippen MR) is 70.6 cm³/mol. The van der Waals surface area contributed by atoms with Crippen molar-refractivity contribution in [1.82, 2.24) is 10.2 Å². The van der Waals surface area contributed by atoms with E-state index in [1.165, 1.54) is 0 Å². The lowest BCUT2D eigenvalue weighted by molar-refractivity contribution is -0.124. The lowest BCUT2D eigenvalue weighted by atomic mass is 9.93. The third-order valence-corrected chi connectivity index (χ3v) is 3.50. The molecule has 1 rings (SSSR count). The molecular weight excluding hydrogens is 214 g/mol. The molecule has 0 aromatic heterocycles. The quantitative estimate of drug-likeness (QED) is 0.766.